The number of hydrazone groups is 1. The summed E-state index contributed by atoms with van der Waals surface area (Å²) in [4.78, 5) is 41.9. The maximum atomic E-state index is 13.0. The van der Waals surface area contributed by atoms with E-state index in [-0.39, 0.29) is 31.1 Å². The van der Waals surface area contributed by atoms with Gasteiger partial charge < -0.3 is 10.1 Å². The minimum Gasteiger partial charge on any atom is -0.464 e. The van der Waals surface area contributed by atoms with Crippen molar-refractivity contribution in [1.29, 1.82) is 0 Å². The van der Waals surface area contributed by atoms with Crippen molar-refractivity contribution in [2.45, 2.75) is 32.2 Å². The molecular formula is C21H22N4O4. The molecule has 150 valence electrons. The molecule has 29 heavy (non-hydrogen) atoms. The molecule has 2 aromatic rings. The van der Waals surface area contributed by atoms with Gasteiger partial charge in [-0.3, -0.25) is 14.6 Å². The van der Waals surface area contributed by atoms with Crippen LogP contribution in [0.2, 0.25) is 0 Å². The first-order chi connectivity index (χ1) is 14.0. The summed E-state index contributed by atoms with van der Waals surface area (Å²) in [6.07, 6.45) is 3.40. The van der Waals surface area contributed by atoms with Crippen LogP contribution >= 0.6 is 0 Å². The zero-order chi connectivity index (χ0) is 20.9. The Bertz CT molecular complexity index is 930. The molecular weight excluding hydrogens is 372 g/mol. The second-order valence-corrected chi connectivity index (χ2v) is 6.63. The van der Waals surface area contributed by atoms with Crippen molar-refractivity contribution in [3.05, 3.63) is 60.4 Å². The Balaban J connectivity index is 1.89. The van der Waals surface area contributed by atoms with Gasteiger partial charge in [0.2, 0.25) is 5.91 Å². The maximum absolute atomic E-state index is 13.0. The van der Waals surface area contributed by atoms with Gasteiger partial charge in [0, 0.05) is 30.8 Å². The highest BCUT2D eigenvalue weighted by atomic mass is 16.5. The van der Waals surface area contributed by atoms with Crippen LogP contribution in [0.1, 0.15) is 32.3 Å². The first kappa shape index (κ1) is 20.2. The van der Waals surface area contributed by atoms with Crippen LogP contribution in [0.5, 0.6) is 0 Å². The van der Waals surface area contributed by atoms with E-state index in [9.17, 15) is 14.4 Å². The molecule has 0 unspecified atom stereocenters. The molecule has 0 spiro atoms. The minimum absolute atomic E-state index is 0.143. The van der Waals surface area contributed by atoms with Crippen molar-refractivity contribution in [2.24, 2.45) is 5.10 Å². The average molecular weight is 394 g/mol. The molecule has 1 aromatic carbocycles. The number of para-hydroxylation sites is 1. The number of pyridine rings is 1. The highest BCUT2D eigenvalue weighted by molar-refractivity contribution is 6.40. The molecule has 0 aliphatic carbocycles. The normalized spacial score (nSPS) is 15.9. The first-order valence-electron chi connectivity index (χ1n) is 9.31. The van der Waals surface area contributed by atoms with Crippen molar-refractivity contribution in [3.8, 4) is 0 Å². The molecule has 0 saturated carbocycles. The van der Waals surface area contributed by atoms with Gasteiger partial charge in [0.05, 0.1) is 12.3 Å². The van der Waals surface area contributed by atoms with Gasteiger partial charge in [0.1, 0.15) is 5.71 Å². The number of rotatable bonds is 6. The lowest BCUT2D eigenvalue weighted by Gasteiger charge is -2.30. The summed E-state index contributed by atoms with van der Waals surface area (Å²) in [6, 6.07) is 12.2. The fourth-order valence-electron chi connectivity index (χ4n) is 2.96. The van der Waals surface area contributed by atoms with E-state index in [0.29, 0.717) is 11.3 Å². The lowest BCUT2D eigenvalue weighted by atomic mass is 9.93. The summed E-state index contributed by atoms with van der Waals surface area (Å²) in [6.45, 7) is 3.42. The predicted octanol–water partition coefficient (Wildman–Crippen LogP) is 2.16. The van der Waals surface area contributed by atoms with Crippen LogP contribution in [0, 0.1) is 0 Å². The molecule has 1 atom stereocenters. The third-order valence-corrected chi connectivity index (χ3v) is 4.58. The van der Waals surface area contributed by atoms with Crippen LogP contribution in [-0.2, 0) is 24.7 Å². The molecule has 1 aliphatic rings. The zero-order valence-corrected chi connectivity index (χ0v) is 16.3. The molecule has 3 rings (SSSR count). The van der Waals surface area contributed by atoms with Gasteiger partial charge in [-0.15, -0.1) is 0 Å². The highest BCUT2D eigenvalue weighted by Gasteiger charge is 2.40. The number of hydrogen-bond acceptors (Lipinski definition) is 6. The number of anilines is 1. The Morgan fingerprint density at radius 3 is 2.59 bits per heavy atom. The van der Waals surface area contributed by atoms with E-state index < -0.39 is 17.4 Å². The van der Waals surface area contributed by atoms with Crippen molar-refractivity contribution in [1.82, 2.24) is 10.3 Å². The number of amides is 2. The second kappa shape index (κ2) is 8.64. The number of nitrogens with one attached hydrogen (secondary N) is 1. The topological polar surface area (TPSA) is 101 Å². The number of carbonyl (C=O) groups excluding carboxylic acids is 3. The van der Waals surface area contributed by atoms with Crippen molar-refractivity contribution >= 4 is 29.2 Å². The van der Waals surface area contributed by atoms with E-state index >= 15 is 0 Å². The summed E-state index contributed by atoms with van der Waals surface area (Å²) < 4.78 is 5.17. The van der Waals surface area contributed by atoms with Gasteiger partial charge in [0.15, 0.2) is 5.54 Å². The molecule has 0 fully saturated rings. The van der Waals surface area contributed by atoms with E-state index in [1.165, 1.54) is 11.2 Å². The Kier molecular flexibility index (Phi) is 6.01. The van der Waals surface area contributed by atoms with Gasteiger partial charge in [-0.25, -0.2) is 9.80 Å². The molecule has 8 heteroatoms. The summed E-state index contributed by atoms with van der Waals surface area (Å²) in [5, 5.41) is 8.18. The average Bonchev–Trinajstić information content (AvgIpc) is 2.75. The lowest BCUT2D eigenvalue weighted by Crippen LogP contribution is -2.53. The Labute approximate surface area is 168 Å². The summed E-state index contributed by atoms with van der Waals surface area (Å²) in [5.41, 5.74) is -0.224. The largest absolute Gasteiger partial charge is 0.464 e. The highest BCUT2D eigenvalue weighted by Crippen LogP contribution is 2.24. The van der Waals surface area contributed by atoms with Crippen LogP contribution in [0.4, 0.5) is 5.69 Å². The molecule has 0 radical (unpaired) electrons. The van der Waals surface area contributed by atoms with E-state index in [2.05, 4.69) is 15.4 Å². The van der Waals surface area contributed by atoms with E-state index in [4.69, 9.17) is 4.74 Å². The minimum atomic E-state index is -1.44. The number of carbonyl (C=O) groups is 3. The van der Waals surface area contributed by atoms with Gasteiger partial charge in [-0.1, -0.05) is 24.3 Å². The molecule has 8 nitrogen and oxygen atoms in total. The van der Waals surface area contributed by atoms with Crippen LogP contribution in [-0.4, -0.2) is 35.1 Å². The van der Waals surface area contributed by atoms with Crippen LogP contribution in [0.25, 0.3) is 0 Å². The fourth-order valence-corrected chi connectivity index (χ4v) is 2.96. The third kappa shape index (κ3) is 4.31. The van der Waals surface area contributed by atoms with E-state index in [0.717, 1.165) is 0 Å². The van der Waals surface area contributed by atoms with Crippen LogP contribution in [0.15, 0.2) is 60.0 Å². The van der Waals surface area contributed by atoms with Crippen molar-refractivity contribution in [2.75, 3.05) is 11.6 Å². The maximum Gasteiger partial charge on any atom is 0.336 e. The number of esters is 1. The third-order valence-electron chi connectivity index (χ3n) is 4.58. The predicted molar refractivity (Wildman–Crippen MR) is 107 cm³/mol. The molecule has 1 aromatic heterocycles. The van der Waals surface area contributed by atoms with E-state index in [1.54, 1.807) is 56.4 Å². The molecule has 0 saturated heterocycles. The van der Waals surface area contributed by atoms with Gasteiger partial charge in [0.25, 0.3) is 5.91 Å². The zero-order valence-electron chi connectivity index (χ0n) is 16.3. The van der Waals surface area contributed by atoms with Gasteiger partial charge in [-0.05, 0) is 32.0 Å². The SMILES string of the molecule is CCOC(=O)[C@](C)(NC(=O)C1=NN(c2ccccc2)C(=O)CC1)c1cccnc1. The second-order valence-electron chi connectivity index (χ2n) is 6.63. The lowest BCUT2D eigenvalue weighted by molar-refractivity contribution is -0.152. The quantitative estimate of drug-likeness (QED) is 0.757. The van der Waals surface area contributed by atoms with Gasteiger partial charge >= 0.3 is 5.97 Å². The first-order valence-corrected chi connectivity index (χ1v) is 9.31. The standard InChI is InChI=1S/C21H22N4O4/c1-3-29-20(28)21(2,15-8-7-13-22-14-15)23-19(27)17-11-12-18(26)25(24-17)16-9-5-4-6-10-16/h4-10,13-14H,3,11-12H2,1-2H3,(H,23,27)/t21-/m1/s1. The summed E-state index contributed by atoms with van der Waals surface area (Å²) in [5.74, 6) is -1.35. The molecule has 1 N–H and O–H groups in total. The Morgan fingerprint density at radius 2 is 1.93 bits per heavy atom. The number of ether oxygens (including phenoxy) is 1. The number of hydrogen-bond donors (Lipinski definition) is 1. The Hall–Kier alpha value is -3.55. The molecule has 1 aliphatic heterocycles. The number of nitrogens with zero attached hydrogens (tertiary/aromatic N) is 3. The summed E-state index contributed by atoms with van der Waals surface area (Å²) >= 11 is 0. The number of benzene rings is 1. The molecule has 2 amide bonds. The smallest absolute Gasteiger partial charge is 0.336 e. The summed E-state index contributed by atoms with van der Waals surface area (Å²) in [7, 11) is 0. The number of aromatic nitrogens is 1. The molecule has 0 bridgehead atoms. The van der Waals surface area contributed by atoms with Gasteiger partial charge in [-0.2, -0.15) is 5.10 Å². The Morgan fingerprint density at radius 1 is 1.17 bits per heavy atom. The van der Waals surface area contributed by atoms with E-state index in [1.807, 2.05) is 6.07 Å². The van der Waals surface area contributed by atoms with Crippen molar-refractivity contribution in [3.63, 3.8) is 0 Å². The molecule has 2 heterocycles. The van der Waals surface area contributed by atoms with Crippen LogP contribution in [0.3, 0.4) is 0 Å². The fraction of sp³-hybridized carbons (Fsp3) is 0.286. The monoisotopic (exact) mass is 394 g/mol. The van der Waals surface area contributed by atoms with Crippen molar-refractivity contribution < 1.29 is 19.1 Å². The van der Waals surface area contributed by atoms with Crippen LogP contribution < -0.4 is 10.3 Å².